The minimum atomic E-state index is -1.37. The number of nitrogens with one attached hydrogen (secondary N) is 3. The van der Waals surface area contributed by atoms with Crippen molar-refractivity contribution in [3.05, 3.63) is 53.4 Å². The summed E-state index contributed by atoms with van der Waals surface area (Å²) in [6.07, 6.45) is 2.35. The molecule has 1 aliphatic rings. The molecule has 3 heterocycles. The molecule has 1 aliphatic heterocycles. The Balaban J connectivity index is 1.53. The molecule has 0 saturated carbocycles. The van der Waals surface area contributed by atoms with E-state index in [1.54, 1.807) is 30.5 Å². The molecule has 164 valence electrons. The van der Waals surface area contributed by atoms with E-state index in [1.165, 1.54) is 6.33 Å². The van der Waals surface area contributed by atoms with Crippen molar-refractivity contribution >= 4 is 40.5 Å². The smallest absolute Gasteiger partial charge is 0.405 e. The lowest BCUT2D eigenvalue weighted by atomic mass is 9.86. The van der Waals surface area contributed by atoms with Crippen LogP contribution in [0.3, 0.4) is 0 Å². The number of halogens is 1. The lowest BCUT2D eigenvalue weighted by Gasteiger charge is -2.41. The average molecular weight is 454 g/mol. The van der Waals surface area contributed by atoms with E-state index in [1.807, 2.05) is 17.0 Å². The van der Waals surface area contributed by atoms with Crippen molar-refractivity contribution in [1.29, 1.82) is 5.26 Å². The maximum Gasteiger partial charge on any atom is 0.405 e. The standard InChI is InChI=1S/C21H20ClN7O3/c22-14-3-1-13(2-4-14)16(11-23)27-19(30)21(28-20(31)32)6-9-29(10-7-21)18-15-5-8-24-17(15)25-12-26-18/h1-5,8,12,16,28H,6-7,9-10H2,(H,27,30)(H,31,32)(H,24,25,26). The first kappa shape index (κ1) is 21.4. The molecule has 1 atom stereocenters. The molecule has 1 saturated heterocycles. The van der Waals surface area contributed by atoms with Gasteiger partial charge in [-0.15, -0.1) is 0 Å². The zero-order valence-corrected chi connectivity index (χ0v) is 17.6. The number of aromatic amines is 1. The molecular formula is C21H20ClN7O3. The van der Waals surface area contributed by atoms with Crippen molar-refractivity contribution in [3.8, 4) is 6.07 Å². The van der Waals surface area contributed by atoms with Gasteiger partial charge >= 0.3 is 6.09 Å². The predicted molar refractivity (Wildman–Crippen MR) is 117 cm³/mol. The monoisotopic (exact) mass is 453 g/mol. The number of hydrogen-bond acceptors (Lipinski definition) is 6. The largest absolute Gasteiger partial charge is 0.465 e. The van der Waals surface area contributed by atoms with Crippen LogP contribution in [-0.2, 0) is 4.79 Å². The Morgan fingerprint density at radius 3 is 2.59 bits per heavy atom. The van der Waals surface area contributed by atoms with Gasteiger partial charge in [0, 0.05) is 24.3 Å². The number of amides is 2. The number of carbonyl (C=O) groups is 2. The van der Waals surface area contributed by atoms with Crippen LogP contribution >= 0.6 is 11.6 Å². The van der Waals surface area contributed by atoms with Crippen LogP contribution in [0.15, 0.2) is 42.9 Å². The third kappa shape index (κ3) is 4.15. The van der Waals surface area contributed by atoms with Gasteiger partial charge in [0.1, 0.15) is 29.4 Å². The molecular weight excluding hydrogens is 434 g/mol. The first-order valence-corrected chi connectivity index (χ1v) is 10.3. The number of benzene rings is 1. The number of nitriles is 1. The van der Waals surface area contributed by atoms with Crippen LogP contribution in [0, 0.1) is 11.3 Å². The first-order chi connectivity index (χ1) is 15.4. The molecule has 3 aromatic rings. The second-order valence-corrected chi connectivity index (χ2v) is 7.96. The summed E-state index contributed by atoms with van der Waals surface area (Å²) in [6, 6.07) is 9.53. The molecule has 4 N–H and O–H groups in total. The van der Waals surface area contributed by atoms with Gasteiger partial charge in [-0.2, -0.15) is 5.26 Å². The number of piperidine rings is 1. The molecule has 0 aliphatic carbocycles. The van der Waals surface area contributed by atoms with Crippen LogP contribution in [0.25, 0.3) is 11.0 Å². The van der Waals surface area contributed by atoms with Gasteiger partial charge in [0.25, 0.3) is 0 Å². The Morgan fingerprint density at radius 2 is 1.94 bits per heavy atom. The zero-order chi connectivity index (χ0) is 22.7. The number of H-pyrrole nitrogens is 1. The fraction of sp³-hybridized carbons (Fsp3) is 0.286. The van der Waals surface area contributed by atoms with Gasteiger partial charge in [-0.3, -0.25) is 4.79 Å². The summed E-state index contributed by atoms with van der Waals surface area (Å²) in [5.41, 5.74) is -0.106. The summed E-state index contributed by atoms with van der Waals surface area (Å²) in [6.45, 7) is 0.784. The number of fused-ring (bicyclic) bond motifs is 1. The van der Waals surface area contributed by atoms with Gasteiger partial charge in [-0.1, -0.05) is 23.7 Å². The minimum Gasteiger partial charge on any atom is -0.465 e. The van der Waals surface area contributed by atoms with E-state index in [-0.39, 0.29) is 12.8 Å². The number of hydrogen-bond donors (Lipinski definition) is 4. The number of rotatable bonds is 5. The molecule has 1 aromatic carbocycles. The summed E-state index contributed by atoms with van der Waals surface area (Å²) in [5.74, 6) is 0.173. The van der Waals surface area contributed by atoms with E-state index in [2.05, 4.69) is 25.6 Å². The van der Waals surface area contributed by atoms with Gasteiger partial charge in [-0.25, -0.2) is 14.8 Å². The molecule has 11 heteroatoms. The van der Waals surface area contributed by atoms with Crippen LogP contribution in [0.2, 0.25) is 5.02 Å². The summed E-state index contributed by atoms with van der Waals surface area (Å²) in [5, 5.41) is 25.4. The Kier molecular flexibility index (Phi) is 5.83. The van der Waals surface area contributed by atoms with E-state index >= 15 is 0 Å². The fourth-order valence-corrected chi connectivity index (χ4v) is 4.07. The highest BCUT2D eigenvalue weighted by atomic mass is 35.5. The second kappa shape index (κ2) is 8.72. The van der Waals surface area contributed by atoms with Crippen molar-refractivity contribution in [2.24, 2.45) is 0 Å². The van der Waals surface area contributed by atoms with Crippen molar-refractivity contribution in [1.82, 2.24) is 25.6 Å². The van der Waals surface area contributed by atoms with Gasteiger partial charge in [0.2, 0.25) is 5.91 Å². The highest BCUT2D eigenvalue weighted by molar-refractivity contribution is 6.30. The lowest BCUT2D eigenvalue weighted by Crippen LogP contribution is -2.63. The summed E-state index contributed by atoms with van der Waals surface area (Å²) >= 11 is 5.90. The third-order valence-corrected chi connectivity index (χ3v) is 5.89. The van der Waals surface area contributed by atoms with Crippen LogP contribution in [0.1, 0.15) is 24.4 Å². The van der Waals surface area contributed by atoms with E-state index < -0.39 is 23.6 Å². The van der Waals surface area contributed by atoms with E-state index in [0.717, 1.165) is 11.2 Å². The van der Waals surface area contributed by atoms with Crippen molar-refractivity contribution in [2.75, 3.05) is 18.0 Å². The zero-order valence-electron chi connectivity index (χ0n) is 16.9. The van der Waals surface area contributed by atoms with E-state index in [0.29, 0.717) is 29.3 Å². The van der Waals surface area contributed by atoms with Crippen LogP contribution in [-0.4, -0.2) is 50.7 Å². The van der Waals surface area contributed by atoms with Gasteiger partial charge < -0.3 is 25.6 Å². The molecule has 1 fully saturated rings. The van der Waals surface area contributed by atoms with Gasteiger partial charge in [-0.05, 0) is 36.6 Å². The molecule has 10 nitrogen and oxygen atoms in total. The van der Waals surface area contributed by atoms with Crippen LogP contribution in [0.4, 0.5) is 10.6 Å². The predicted octanol–water partition coefficient (Wildman–Crippen LogP) is 2.60. The molecule has 2 aromatic heterocycles. The second-order valence-electron chi connectivity index (χ2n) is 7.52. The third-order valence-electron chi connectivity index (χ3n) is 5.64. The van der Waals surface area contributed by atoms with Crippen LogP contribution in [0.5, 0.6) is 0 Å². The van der Waals surface area contributed by atoms with Gasteiger partial charge in [0.05, 0.1) is 11.5 Å². The molecule has 1 unspecified atom stereocenters. The maximum atomic E-state index is 13.2. The molecule has 0 radical (unpaired) electrons. The highest BCUT2D eigenvalue weighted by Gasteiger charge is 2.44. The number of carboxylic acid groups (broad SMARTS) is 1. The Morgan fingerprint density at radius 1 is 1.22 bits per heavy atom. The minimum absolute atomic E-state index is 0.208. The topological polar surface area (TPSA) is 147 Å². The van der Waals surface area contributed by atoms with Crippen molar-refractivity contribution in [2.45, 2.75) is 24.4 Å². The first-order valence-electron chi connectivity index (χ1n) is 9.92. The fourth-order valence-electron chi connectivity index (χ4n) is 3.94. The Labute approximate surface area is 188 Å². The van der Waals surface area contributed by atoms with E-state index in [4.69, 9.17) is 11.6 Å². The molecule has 2 amide bonds. The SMILES string of the molecule is N#CC(NC(=O)C1(NC(=O)O)CCN(c2ncnc3[nH]ccc23)CC1)c1ccc(Cl)cc1. The van der Waals surface area contributed by atoms with E-state index in [9.17, 15) is 20.0 Å². The maximum absolute atomic E-state index is 13.2. The molecule has 0 spiro atoms. The number of nitrogens with zero attached hydrogens (tertiary/aromatic N) is 4. The summed E-state index contributed by atoms with van der Waals surface area (Å²) in [4.78, 5) is 38.3. The Bertz CT molecular complexity index is 1180. The Hall–Kier alpha value is -3.84. The number of anilines is 1. The number of carbonyl (C=O) groups excluding carboxylic acids is 1. The molecule has 0 bridgehead atoms. The highest BCUT2D eigenvalue weighted by Crippen LogP contribution is 2.30. The average Bonchev–Trinajstić information content (AvgIpc) is 3.27. The van der Waals surface area contributed by atoms with Crippen molar-refractivity contribution in [3.63, 3.8) is 0 Å². The summed E-state index contributed by atoms with van der Waals surface area (Å²) in [7, 11) is 0. The van der Waals surface area contributed by atoms with Crippen molar-refractivity contribution < 1.29 is 14.7 Å². The number of aromatic nitrogens is 3. The van der Waals surface area contributed by atoms with Gasteiger partial charge in [0.15, 0.2) is 0 Å². The lowest BCUT2D eigenvalue weighted by molar-refractivity contribution is -0.128. The van der Waals surface area contributed by atoms with Crippen LogP contribution < -0.4 is 15.5 Å². The normalized spacial score (nSPS) is 16.2. The quantitative estimate of drug-likeness (QED) is 0.464. The molecule has 32 heavy (non-hydrogen) atoms. The summed E-state index contributed by atoms with van der Waals surface area (Å²) < 4.78 is 0. The molecule has 4 rings (SSSR count).